The maximum absolute atomic E-state index is 11.6. The van der Waals surface area contributed by atoms with Gasteiger partial charge in [0, 0.05) is 13.5 Å². The van der Waals surface area contributed by atoms with Gasteiger partial charge in [0.1, 0.15) is 0 Å². The number of aliphatic hydroxyl groups excluding tert-OH is 1. The lowest BCUT2D eigenvalue weighted by molar-refractivity contribution is 0.0650. The zero-order chi connectivity index (χ0) is 12.9. The standard InChI is InChI=1S/C12H18O4S/c1-3-17(14,15)12-6-4-10(5-7-12)8-11(13)9-16-2/h4-7,11,13H,3,8-9H2,1-2H3. The van der Waals surface area contributed by atoms with E-state index in [-0.39, 0.29) is 12.4 Å². The fraction of sp³-hybridized carbons (Fsp3) is 0.500. The minimum atomic E-state index is -3.14. The smallest absolute Gasteiger partial charge is 0.178 e. The van der Waals surface area contributed by atoms with E-state index in [1.807, 2.05) is 0 Å². The summed E-state index contributed by atoms with van der Waals surface area (Å²) >= 11 is 0. The highest BCUT2D eigenvalue weighted by Crippen LogP contribution is 2.13. The van der Waals surface area contributed by atoms with Crippen molar-refractivity contribution in [3.8, 4) is 0 Å². The Balaban J connectivity index is 2.75. The molecule has 0 bridgehead atoms. The highest BCUT2D eigenvalue weighted by Gasteiger charge is 2.11. The van der Waals surface area contributed by atoms with Crippen molar-refractivity contribution in [2.24, 2.45) is 0 Å². The third-order valence-electron chi connectivity index (χ3n) is 2.49. The summed E-state index contributed by atoms with van der Waals surface area (Å²) in [6.07, 6.45) is -0.103. The van der Waals surface area contributed by atoms with Crippen molar-refractivity contribution in [2.45, 2.75) is 24.3 Å². The second kappa shape index (κ2) is 6.14. The zero-order valence-electron chi connectivity index (χ0n) is 10.1. The molecule has 5 heteroatoms. The lowest BCUT2D eigenvalue weighted by Crippen LogP contribution is -2.16. The molecule has 1 unspecified atom stereocenters. The molecule has 0 amide bonds. The summed E-state index contributed by atoms with van der Waals surface area (Å²) in [5, 5.41) is 9.53. The van der Waals surface area contributed by atoms with E-state index >= 15 is 0 Å². The quantitative estimate of drug-likeness (QED) is 0.827. The van der Waals surface area contributed by atoms with Crippen LogP contribution in [-0.4, -0.2) is 39.1 Å². The molecule has 0 saturated heterocycles. The minimum absolute atomic E-state index is 0.0959. The lowest BCUT2D eigenvalue weighted by atomic mass is 10.1. The topological polar surface area (TPSA) is 63.6 Å². The molecule has 0 heterocycles. The number of rotatable bonds is 6. The van der Waals surface area contributed by atoms with Crippen molar-refractivity contribution >= 4 is 9.84 Å². The van der Waals surface area contributed by atoms with Gasteiger partial charge in [0.25, 0.3) is 0 Å². The predicted octanol–water partition coefficient (Wildman–Crippen LogP) is 1.03. The van der Waals surface area contributed by atoms with E-state index in [9.17, 15) is 13.5 Å². The predicted molar refractivity (Wildman–Crippen MR) is 65.8 cm³/mol. The average Bonchev–Trinajstić information content (AvgIpc) is 2.30. The van der Waals surface area contributed by atoms with E-state index < -0.39 is 15.9 Å². The molecule has 0 aromatic heterocycles. The molecule has 1 aromatic rings. The van der Waals surface area contributed by atoms with Gasteiger partial charge in [-0.05, 0) is 17.7 Å². The summed E-state index contributed by atoms with van der Waals surface area (Å²) in [5.41, 5.74) is 0.893. The molecule has 0 spiro atoms. The summed E-state index contributed by atoms with van der Waals surface area (Å²) in [5.74, 6) is 0.0959. The normalized spacial score (nSPS) is 13.6. The Morgan fingerprint density at radius 3 is 2.35 bits per heavy atom. The first-order valence-electron chi connectivity index (χ1n) is 5.48. The zero-order valence-corrected chi connectivity index (χ0v) is 10.9. The molecule has 1 N–H and O–H groups in total. The van der Waals surface area contributed by atoms with Gasteiger partial charge in [-0.3, -0.25) is 0 Å². The van der Waals surface area contributed by atoms with Gasteiger partial charge in [0.05, 0.1) is 23.4 Å². The van der Waals surface area contributed by atoms with Crippen molar-refractivity contribution < 1.29 is 18.3 Å². The van der Waals surface area contributed by atoms with E-state index in [1.54, 1.807) is 31.2 Å². The Hall–Kier alpha value is -0.910. The first-order chi connectivity index (χ1) is 7.99. The third kappa shape index (κ3) is 4.11. The summed E-state index contributed by atoms with van der Waals surface area (Å²) < 4.78 is 28.0. The molecular formula is C12H18O4S. The molecule has 1 rings (SSSR count). The van der Waals surface area contributed by atoms with Gasteiger partial charge in [0.2, 0.25) is 0 Å². The van der Waals surface area contributed by atoms with Crippen molar-refractivity contribution in [3.05, 3.63) is 29.8 Å². The van der Waals surface area contributed by atoms with Crippen molar-refractivity contribution in [1.29, 1.82) is 0 Å². The number of hydrogen-bond acceptors (Lipinski definition) is 4. The van der Waals surface area contributed by atoms with Crippen LogP contribution >= 0.6 is 0 Å². The van der Waals surface area contributed by atoms with Crippen LogP contribution < -0.4 is 0 Å². The summed E-state index contributed by atoms with van der Waals surface area (Å²) in [6.45, 7) is 1.89. The first-order valence-corrected chi connectivity index (χ1v) is 7.13. The van der Waals surface area contributed by atoms with Crippen molar-refractivity contribution in [2.75, 3.05) is 19.5 Å². The Bertz CT molecular complexity index is 436. The Kier molecular flexibility index (Phi) is 5.11. The number of sulfone groups is 1. The number of hydrogen-bond donors (Lipinski definition) is 1. The monoisotopic (exact) mass is 258 g/mol. The molecule has 17 heavy (non-hydrogen) atoms. The van der Waals surface area contributed by atoms with Crippen LogP contribution in [0, 0.1) is 0 Å². The van der Waals surface area contributed by atoms with E-state index in [4.69, 9.17) is 4.74 Å². The van der Waals surface area contributed by atoms with Gasteiger partial charge in [-0.15, -0.1) is 0 Å². The summed E-state index contributed by atoms with van der Waals surface area (Å²) in [7, 11) is -1.61. The maximum Gasteiger partial charge on any atom is 0.178 e. The maximum atomic E-state index is 11.6. The summed E-state index contributed by atoms with van der Waals surface area (Å²) in [6, 6.07) is 6.60. The van der Waals surface area contributed by atoms with Gasteiger partial charge in [-0.25, -0.2) is 8.42 Å². The molecule has 0 aliphatic heterocycles. The molecule has 0 radical (unpaired) electrons. The van der Waals surface area contributed by atoms with Crippen LogP contribution in [0.5, 0.6) is 0 Å². The highest BCUT2D eigenvalue weighted by atomic mass is 32.2. The van der Waals surface area contributed by atoms with Gasteiger partial charge in [-0.2, -0.15) is 0 Å². The third-order valence-corrected chi connectivity index (χ3v) is 4.24. The first kappa shape index (κ1) is 14.2. The van der Waals surface area contributed by atoms with Crippen LogP contribution in [-0.2, 0) is 21.0 Å². The number of ether oxygens (including phenoxy) is 1. The van der Waals surface area contributed by atoms with Gasteiger partial charge >= 0.3 is 0 Å². The fourth-order valence-electron chi connectivity index (χ4n) is 1.52. The molecule has 0 aliphatic carbocycles. The van der Waals surface area contributed by atoms with Crippen LogP contribution in [0.4, 0.5) is 0 Å². The second-order valence-corrected chi connectivity index (χ2v) is 6.14. The van der Waals surface area contributed by atoms with Gasteiger partial charge in [-0.1, -0.05) is 19.1 Å². The molecule has 1 atom stereocenters. The van der Waals surface area contributed by atoms with E-state index in [2.05, 4.69) is 0 Å². The van der Waals surface area contributed by atoms with Crippen molar-refractivity contribution in [1.82, 2.24) is 0 Å². The molecule has 4 nitrogen and oxygen atoms in total. The molecule has 96 valence electrons. The molecule has 0 aliphatic rings. The lowest BCUT2D eigenvalue weighted by Gasteiger charge is -2.09. The average molecular weight is 258 g/mol. The van der Waals surface area contributed by atoms with Crippen molar-refractivity contribution in [3.63, 3.8) is 0 Å². The van der Waals surface area contributed by atoms with Gasteiger partial charge in [0.15, 0.2) is 9.84 Å². The molecule has 1 aromatic carbocycles. The minimum Gasteiger partial charge on any atom is -0.390 e. The van der Waals surface area contributed by atoms with Gasteiger partial charge < -0.3 is 9.84 Å². The van der Waals surface area contributed by atoms with Crippen LogP contribution in [0.2, 0.25) is 0 Å². The fourth-order valence-corrected chi connectivity index (χ4v) is 2.41. The Labute approximate surface area is 102 Å². The van der Waals surface area contributed by atoms with E-state index in [1.165, 1.54) is 7.11 Å². The second-order valence-electron chi connectivity index (χ2n) is 3.86. The van der Waals surface area contributed by atoms with Crippen LogP contribution in [0.25, 0.3) is 0 Å². The van der Waals surface area contributed by atoms with Crippen LogP contribution in [0.15, 0.2) is 29.2 Å². The van der Waals surface area contributed by atoms with Crippen LogP contribution in [0.3, 0.4) is 0 Å². The SMILES string of the molecule is CCS(=O)(=O)c1ccc(CC(O)COC)cc1. The largest absolute Gasteiger partial charge is 0.390 e. The number of aliphatic hydroxyl groups is 1. The Morgan fingerprint density at radius 1 is 1.29 bits per heavy atom. The Morgan fingerprint density at radius 2 is 1.88 bits per heavy atom. The molecule has 0 fully saturated rings. The number of benzene rings is 1. The highest BCUT2D eigenvalue weighted by molar-refractivity contribution is 7.91. The van der Waals surface area contributed by atoms with Crippen LogP contribution in [0.1, 0.15) is 12.5 Å². The van der Waals surface area contributed by atoms with E-state index in [0.29, 0.717) is 11.3 Å². The summed E-state index contributed by atoms with van der Waals surface area (Å²) in [4.78, 5) is 0.324. The van der Waals surface area contributed by atoms with E-state index in [0.717, 1.165) is 5.56 Å². The molecular weight excluding hydrogens is 240 g/mol. The molecule has 0 saturated carbocycles. The number of methoxy groups -OCH3 is 1.